The maximum absolute atomic E-state index is 9.07. The van der Waals surface area contributed by atoms with Crippen LogP contribution in [-0.4, -0.2) is 26.9 Å². The summed E-state index contributed by atoms with van der Waals surface area (Å²) in [4.78, 5) is 4.35. The van der Waals surface area contributed by atoms with Crippen molar-refractivity contribution in [3.63, 3.8) is 0 Å². The Morgan fingerprint density at radius 1 is 1.28 bits per heavy atom. The van der Waals surface area contributed by atoms with E-state index in [4.69, 9.17) is 9.84 Å². The SMILES string of the molecule is CCOC1(c2n[nH]c(CO)n2)CCC(C)(C)CC1. The summed E-state index contributed by atoms with van der Waals surface area (Å²) in [5, 5.41) is 16.1. The second-order valence-electron chi connectivity index (χ2n) is 5.86. The van der Waals surface area contributed by atoms with Gasteiger partial charge in [-0.25, -0.2) is 4.98 Å². The monoisotopic (exact) mass is 253 g/mol. The van der Waals surface area contributed by atoms with E-state index < -0.39 is 0 Å². The van der Waals surface area contributed by atoms with Crippen molar-refractivity contribution < 1.29 is 9.84 Å². The summed E-state index contributed by atoms with van der Waals surface area (Å²) >= 11 is 0. The van der Waals surface area contributed by atoms with Gasteiger partial charge in [-0.15, -0.1) is 0 Å². The third-order valence-corrected chi connectivity index (χ3v) is 3.92. The lowest BCUT2D eigenvalue weighted by Gasteiger charge is -2.41. The summed E-state index contributed by atoms with van der Waals surface area (Å²) in [6.45, 7) is 7.13. The predicted molar refractivity (Wildman–Crippen MR) is 67.9 cm³/mol. The molecule has 5 heteroatoms. The number of nitrogens with zero attached hydrogens (tertiary/aromatic N) is 2. The first kappa shape index (κ1) is 13.5. The minimum atomic E-state index is -0.367. The van der Waals surface area contributed by atoms with E-state index in [-0.39, 0.29) is 12.2 Å². The standard InChI is InChI=1S/C13H23N3O2/c1-4-18-13(7-5-12(2,3)6-8-13)11-14-10(9-17)15-16-11/h17H,4-9H2,1-3H3,(H,14,15,16). The molecular weight excluding hydrogens is 230 g/mol. The van der Waals surface area contributed by atoms with Gasteiger partial charge >= 0.3 is 0 Å². The van der Waals surface area contributed by atoms with E-state index in [1.807, 2.05) is 6.92 Å². The first-order valence-electron chi connectivity index (χ1n) is 6.68. The quantitative estimate of drug-likeness (QED) is 0.862. The zero-order valence-corrected chi connectivity index (χ0v) is 11.5. The molecule has 0 aliphatic heterocycles. The maximum atomic E-state index is 9.07. The highest BCUT2D eigenvalue weighted by atomic mass is 16.5. The molecule has 0 radical (unpaired) electrons. The van der Waals surface area contributed by atoms with Crippen molar-refractivity contribution in [2.24, 2.45) is 5.41 Å². The molecule has 0 spiro atoms. The average molecular weight is 253 g/mol. The van der Waals surface area contributed by atoms with Crippen molar-refractivity contribution >= 4 is 0 Å². The van der Waals surface area contributed by atoms with Gasteiger partial charge in [-0.1, -0.05) is 13.8 Å². The van der Waals surface area contributed by atoms with Crippen LogP contribution in [-0.2, 0) is 16.9 Å². The van der Waals surface area contributed by atoms with Gasteiger partial charge in [0.25, 0.3) is 0 Å². The summed E-state index contributed by atoms with van der Waals surface area (Å²) in [6.07, 6.45) is 4.10. The second-order valence-corrected chi connectivity index (χ2v) is 5.86. The first-order chi connectivity index (χ1) is 8.51. The Balaban J connectivity index is 2.22. The summed E-state index contributed by atoms with van der Waals surface area (Å²) in [5.41, 5.74) is 0.00487. The number of rotatable bonds is 4. The Kier molecular flexibility index (Phi) is 3.73. The van der Waals surface area contributed by atoms with Gasteiger partial charge in [0.15, 0.2) is 5.82 Å². The van der Waals surface area contributed by atoms with E-state index in [2.05, 4.69) is 29.0 Å². The van der Waals surface area contributed by atoms with Crippen molar-refractivity contribution in [1.82, 2.24) is 15.2 Å². The van der Waals surface area contributed by atoms with E-state index in [1.54, 1.807) is 0 Å². The van der Waals surface area contributed by atoms with Gasteiger partial charge in [0.05, 0.1) is 0 Å². The smallest absolute Gasteiger partial charge is 0.182 e. The molecule has 1 aromatic rings. The number of aromatic amines is 1. The lowest BCUT2D eigenvalue weighted by molar-refractivity contribution is -0.0946. The molecule has 1 aliphatic rings. The molecule has 0 aromatic carbocycles. The Morgan fingerprint density at radius 3 is 2.44 bits per heavy atom. The molecule has 0 unspecified atom stereocenters. The lowest BCUT2D eigenvalue weighted by atomic mass is 9.70. The number of aromatic nitrogens is 3. The molecule has 2 rings (SSSR count). The van der Waals surface area contributed by atoms with Gasteiger partial charge in [-0.3, -0.25) is 5.10 Å². The Hall–Kier alpha value is -0.940. The molecule has 1 aromatic heterocycles. The molecule has 5 nitrogen and oxygen atoms in total. The molecule has 0 bridgehead atoms. The number of aliphatic hydroxyl groups is 1. The lowest BCUT2D eigenvalue weighted by Crippen LogP contribution is -2.38. The average Bonchev–Trinajstić information content (AvgIpc) is 2.82. The van der Waals surface area contributed by atoms with Crippen molar-refractivity contribution in [2.45, 2.75) is 58.7 Å². The molecule has 102 valence electrons. The second kappa shape index (κ2) is 4.97. The molecule has 0 saturated heterocycles. The third-order valence-electron chi connectivity index (χ3n) is 3.92. The van der Waals surface area contributed by atoms with Crippen molar-refractivity contribution in [3.8, 4) is 0 Å². The van der Waals surface area contributed by atoms with Gasteiger partial charge < -0.3 is 9.84 Å². The maximum Gasteiger partial charge on any atom is 0.182 e. The number of hydrogen-bond acceptors (Lipinski definition) is 4. The van der Waals surface area contributed by atoms with Crippen LogP contribution < -0.4 is 0 Å². The molecule has 0 amide bonds. The summed E-state index contributed by atoms with van der Waals surface area (Å²) in [5.74, 6) is 1.21. The number of aliphatic hydroxyl groups excluding tert-OH is 1. The van der Waals surface area contributed by atoms with E-state index >= 15 is 0 Å². The fourth-order valence-electron chi connectivity index (χ4n) is 2.61. The zero-order valence-electron chi connectivity index (χ0n) is 11.5. The van der Waals surface area contributed by atoms with E-state index in [9.17, 15) is 0 Å². The molecule has 1 heterocycles. The molecule has 0 atom stereocenters. The van der Waals surface area contributed by atoms with Gasteiger partial charge in [0, 0.05) is 6.61 Å². The summed E-state index contributed by atoms with van der Waals surface area (Å²) in [7, 11) is 0. The molecule has 18 heavy (non-hydrogen) atoms. The molecule has 2 N–H and O–H groups in total. The van der Waals surface area contributed by atoms with E-state index in [1.165, 1.54) is 0 Å². The van der Waals surface area contributed by atoms with E-state index in [0.717, 1.165) is 25.7 Å². The van der Waals surface area contributed by atoms with Crippen LogP contribution in [0.15, 0.2) is 0 Å². The normalized spacial score (nSPS) is 22.0. The predicted octanol–water partition coefficient (Wildman–Crippen LogP) is 2.13. The molecule has 1 aliphatic carbocycles. The largest absolute Gasteiger partial charge is 0.388 e. The molecule has 1 fully saturated rings. The Bertz CT molecular complexity index is 391. The number of H-pyrrole nitrogens is 1. The highest BCUT2D eigenvalue weighted by Gasteiger charge is 2.43. The van der Waals surface area contributed by atoms with Gasteiger partial charge in [-0.05, 0) is 38.0 Å². The van der Waals surface area contributed by atoms with Crippen LogP contribution in [0.2, 0.25) is 0 Å². The van der Waals surface area contributed by atoms with Crippen LogP contribution in [0.25, 0.3) is 0 Å². The van der Waals surface area contributed by atoms with Crippen molar-refractivity contribution in [3.05, 3.63) is 11.6 Å². The van der Waals surface area contributed by atoms with Crippen LogP contribution in [0.3, 0.4) is 0 Å². The number of ether oxygens (including phenoxy) is 1. The molecule has 1 saturated carbocycles. The van der Waals surface area contributed by atoms with Gasteiger partial charge in [-0.2, -0.15) is 5.10 Å². The van der Waals surface area contributed by atoms with Gasteiger partial charge in [0.1, 0.15) is 18.0 Å². The Labute approximate surface area is 108 Å². The fraction of sp³-hybridized carbons (Fsp3) is 0.846. The van der Waals surface area contributed by atoms with Crippen molar-refractivity contribution in [2.75, 3.05) is 6.61 Å². The zero-order chi connectivity index (χ0) is 13.2. The Morgan fingerprint density at radius 2 is 1.94 bits per heavy atom. The minimum absolute atomic E-state index is 0.110. The van der Waals surface area contributed by atoms with Crippen LogP contribution in [0.1, 0.15) is 58.1 Å². The van der Waals surface area contributed by atoms with Crippen LogP contribution >= 0.6 is 0 Å². The highest BCUT2D eigenvalue weighted by molar-refractivity contribution is 5.06. The minimum Gasteiger partial charge on any atom is -0.388 e. The van der Waals surface area contributed by atoms with Crippen LogP contribution in [0.4, 0.5) is 0 Å². The fourth-order valence-corrected chi connectivity index (χ4v) is 2.61. The topological polar surface area (TPSA) is 71.0 Å². The first-order valence-corrected chi connectivity index (χ1v) is 6.68. The van der Waals surface area contributed by atoms with Gasteiger partial charge in [0.2, 0.25) is 0 Å². The summed E-state index contributed by atoms with van der Waals surface area (Å²) in [6, 6.07) is 0. The van der Waals surface area contributed by atoms with Crippen LogP contribution in [0.5, 0.6) is 0 Å². The number of hydrogen-bond donors (Lipinski definition) is 2. The molecular formula is C13H23N3O2. The number of nitrogens with one attached hydrogen (secondary N) is 1. The van der Waals surface area contributed by atoms with Crippen LogP contribution in [0, 0.1) is 5.41 Å². The van der Waals surface area contributed by atoms with Crippen molar-refractivity contribution in [1.29, 1.82) is 0 Å². The summed E-state index contributed by atoms with van der Waals surface area (Å²) < 4.78 is 5.98. The third kappa shape index (κ3) is 2.57. The highest BCUT2D eigenvalue weighted by Crippen LogP contribution is 2.46. The van der Waals surface area contributed by atoms with E-state index in [0.29, 0.717) is 23.7 Å².